The van der Waals surface area contributed by atoms with Crippen LogP contribution in [-0.2, 0) is 0 Å². The molecule has 0 aromatic carbocycles. The van der Waals surface area contributed by atoms with E-state index in [0.29, 0.717) is 24.2 Å². The van der Waals surface area contributed by atoms with E-state index < -0.39 is 0 Å². The van der Waals surface area contributed by atoms with E-state index in [9.17, 15) is 5.11 Å². The predicted molar refractivity (Wildman–Crippen MR) is 65.0 cm³/mol. The molecule has 0 radical (unpaired) electrons. The van der Waals surface area contributed by atoms with Gasteiger partial charge in [0.05, 0.1) is 13.2 Å². The van der Waals surface area contributed by atoms with Crippen LogP contribution in [0.15, 0.2) is 6.07 Å². The zero-order chi connectivity index (χ0) is 12.4. The number of aromatic nitrogens is 2. The second-order valence-electron chi connectivity index (χ2n) is 4.41. The van der Waals surface area contributed by atoms with E-state index >= 15 is 0 Å². The summed E-state index contributed by atoms with van der Waals surface area (Å²) in [5, 5.41) is 9.86. The molecule has 0 aliphatic carbocycles. The largest absolute Gasteiger partial charge is 0.481 e. The third-order valence-electron chi connectivity index (χ3n) is 3.16. The fraction of sp³-hybridized carbons (Fsp3) is 0.636. The lowest BCUT2D eigenvalue weighted by atomic mass is 9.96. The lowest BCUT2D eigenvalue weighted by Crippen LogP contribution is -2.43. The van der Waals surface area contributed by atoms with E-state index in [2.05, 4.69) is 16.9 Å². The molecule has 6 heteroatoms. The second kappa shape index (κ2) is 4.75. The van der Waals surface area contributed by atoms with Crippen molar-refractivity contribution >= 4 is 11.8 Å². The normalized spacial score (nSPS) is 24.8. The first-order valence-electron chi connectivity index (χ1n) is 5.71. The molecule has 3 N–H and O–H groups in total. The molecule has 1 aromatic heterocycles. The molecule has 2 heterocycles. The van der Waals surface area contributed by atoms with Gasteiger partial charge in [0, 0.05) is 19.2 Å². The van der Waals surface area contributed by atoms with Crippen LogP contribution in [-0.4, -0.2) is 41.4 Å². The van der Waals surface area contributed by atoms with Gasteiger partial charge < -0.3 is 20.5 Å². The maximum absolute atomic E-state index is 9.86. The second-order valence-corrected chi connectivity index (χ2v) is 4.41. The molecule has 0 amide bonds. The van der Waals surface area contributed by atoms with Crippen molar-refractivity contribution in [1.29, 1.82) is 0 Å². The number of anilines is 2. The minimum atomic E-state index is -0.328. The smallest absolute Gasteiger partial charge is 0.225 e. The summed E-state index contributed by atoms with van der Waals surface area (Å²) in [6.45, 7) is 3.48. The molecular weight excluding hydrogens is 220 g/mol. The molecule has 2 unspecified atom stereocenters. The number of aliphatic hydroxyl groups excluding tert-OH is 1. The van der Waals surface area contributed by atoms with Crippen LogP contribution in [0.1, 0.15) is 13.3 Å². The number of ether oxygens (including phenoxy) is 1. The van der Waals surface area contributed by atoms with E-state index in [-0.39, 0.29) is 12.1 Å². The van der Waals surface area contributed by atoms with Crippen molar-refractivity contribution in [3.8, 4) is 5.88 Å². The van der Waals surface area contributed by atoms with Crippen LogP contribution in [0.4, 0.5) is 11.8 Å². The molecule has 1 saturated heterocycles. The number of nitrogen functional groups attached to an aromatic ring is 1. The van der Waals surface area contributed by atoms with Crippen molar-refractivity contribution in [3.63, 3.8) is 0 Å². The zero-order valence-corrected chi connectivity index (χ0v) is 10.1. The zero-order valence-electron chi connectivity index (χ0n) is 10.1. The van der Waals surface area contributed by atoms with Crippen LogP contribution >= 0.6 is 0 Å². The van der Waals surface area contributed by atoms with E-state index in [1.165, 1.54) is 0 Å². The summed E-state index contributed by atoms with van der Waals surface area (Å²) >= 11 is 0. The van der Waals surface area contributed by atoms with Crippen molar-refractivity contribution in [1.82, 2.24) is 9.97 Å². The molecule has 17 heavy (non-hydrogen) atoms. The Hall–Kier alpha value is -1.56. The Morgan fingerprint density at radius 3 is 2.94 bits per heavy atom. The van der Waals surface area contributed by atoms with E-state index in [0.717, 1.165) is 13.0 Å². The first-order valence-corrected chi connectivity index (χ1v) is 5.71. The fourth-order valence-corrected chi connectivity index (χ4v) is 1.95. The van der Waals surface area contributed by atoms with Crippen LogP contribution in [0.3, 0.4) is 0 Å². The Kier molecular flexibility index (Phi) is 3.33. The number of nitrogens with zero attached hydrogens (tertiary/aromatic N) is 3. The van der Waals surface area contributed by atoms with Gasteiger partial charge in [-0.1, -0.05) is 6.92 Å². The standard InChI is InChI=1S/C11H18N4O2/c1-7-3-4-15(6-8(7)16)9-5-10(17-2)14-11(12)13-9/h5,7-8,16H,3-4,6H2,1-2H3,(H2,12,13,14). The number of aliphatic hydroxyl groups is 1. The summed E-state index contributed by atoms with van der Waals surface area (Å²) in [7, 11) is 1.54. The SMILES string of the molecule is COc1cc(N2CCC(C)C(O)C2)nc(N)n1. The Morgan fingerprint density at radius 1 is 1.53 bits per heavy atom. The Balaban J connectivity index is 2.19. The van der Waals surface area contributed by atoms with E-state index in [4.69, 9.17) is 10.5 Å². The number of methoxy groups -OCH3 is 1. The van der Waals surface area contributed by atoms with Crippen LogP contribution < -0.4 is 15.4 Å². The van der Waals surface area contributed by atoms with Crippen molar-refractivity contribution in [2.45, 2.75) is 19.4 Å². The Labute approximate surface area is 100 Å². The first kappa shape index (κ1) is 11.9. The molecule has 0 saturated carbocycles. The lowest BCUT2D eigenvalue weighted by molar-refractivity contribution is 0.102. The monoisotopic (exact) mass is 238 g/mol. The Morgan fingerprint density at radius 2 is 2.29 bits per heavy atom. The highest BCUT2D eigenvalue weighted by Crippen LogP contribution is 2.24. The van der Waals surface area contributed by atoms with Gasteiger partial charge in [-0.15, -0.1) is 0 Å². The van der Waals surface area contributed by atoms with Crippen molar-refractivity contribution < 1.29 is 9.84 Å². The summed E-state index contributed by atoms with van der Waals surface area (Å²) in [6.07, 6.45) is 0.610. The molecule has 1 aliphatic heterocycles. The molecular formula is C11H18N4O2. The van der Waals surface area contributed by atoms with E-state index in [1.807, 2.05) is 4.90 Å². The van der Waals surface area contributed by atoms with Crippen molar-refractivity contribution in [2.75, 3.05) is 30.8 Å². The van der Waals surface area contributed by atoms with E-state index in [1.54, 1.807) is 13.2 Å². The van der Waals surface area contributed by atoms with Gasteiger partial charge >= 0.3 is 0 Å². The molecule has 2 rings (SSSR count). The quantitative estimate of drug-likeness (QED) is 0.769. The summed E-state index contributed by atoms with van der Waals surface area (Å²) in [6, 6.07) is 1.74. The summed E-state index contributed by atoms with van der Waals surface area (Å²) in [5.74, 6) is 1.67. The van der Waals surface area contributed by atoms with Crippen molar-refractivity contribution in [3.05, 3.63) is 6.07 Å². The number of hydrogen-bond donors (Lipinski definition) is 2. The number of nitrogens with two attached hydrogens (primary N) is 1. The molecule has 1 aliphatic rings. The number of piperidine rings is 1. The Bertz CT molecular complexity index is 399. The highest BCUT2D eigenvalue weighted by molar-refractivity contribution is 5.46. The molecule has 94 valence electrons. The maximum Gasteiger partial charge on any atom is 0.225 e. The van der Waals surface area contributed by atoms with Gasteiger partial charge in [0.1, 0.15) is 5.82 Å². The van der Waals surface area contributed by atoms with Crippen LogP contribution in [0.25, 0.3) is 0 Å². The highest BCUT2D eigenvalue weighted by Gasteiger charge is 2.25. The van der Waals surface area contributed by atoms with Crippen LogP contribution in [0.5, 0.6) is 5.88 Å². The van der Waals surface area contributed by atoms with Gasteiger partial charge in [-0.3, -0.25) is 0 Å². The van der Waals surface area contributed by atoms with Gasteiger partial charge in [0.2, 0.25) is 11.8 Å². The topological polar surface area (TPSA) is 84.5 Å². The molecule has 0 spiro atoms. The van der Waals surface area contributed by atoms with Crippen LogP contribution in [0.2, 0.25) is 0 Å². The van der Waals surface area contributed by atoms with Gasteiger partial charge in [0.15, 0.2) is 0 Å². The molecule has 1 aromatic rings. The average Bonchev–Trinajstić information content (AvgIpc) is 2.32. The van der Waals surface area contributed by atoms with Crippen LogP contribution in [0, 0.1) is 5.92 Å². The lowest BCUT2D eigenvalue weighted by Gasteiger charge is -2.35. The highest BCUT2D eigenvalue weighted by atomic mass is 16.5. The molecule has 2 atom stereocenters. The van der Waals surface area contributed by atoms with Gasteiger partial charge in [0.25, 0.3) is 0 Å². The minimum Gasteiger partial charge on any atom is -0.481 e. The predicted octanol–water partition coefficient (Wildman–Crippen LogP) is 0.274. The van der Waals surface area contributed by atoms with Gasteiger partial charge in [-0.2, -0.15) is 9.97 Å². The van der Waals surface area contributed by atoms with Crippen molar-refractivity contribution in [2.24, 2.45) is 5.92 Å². The minimum absolute atomic E-state index is 0.187. The number of rotatable bonds is 2. The third-order valence-corrected chi connectivity index (χ3v) is 3.16. The number of β-amino-alcohol motifs (C(OH)–C–C–N with tert-alkyl or cyclic N) is 1. The third kappa shape index (κ3) is 2.58. The molecule has 6 nitrogen and oxygen atoms in total. The molecule has 1 fully saturated rings. The first-order chi connectivity index (χ1) is 8.10. The van der Waals surface area contributed by atoms with Gasteiger partial charge in [-0.05, 0) is 12.3 Å². The fourth-order valence-electron chi connectivity index (χ4n) is 1.95. The summed E-state index contributed by atoms with van der Waals surface area (Å²) in [5.41, 5.74) is 5.61. The summed E-state index contributed by atoms with van der Waals surface area (Å²) in [4.78, 5) is 10.1. The maximum atomic E-state index is 9.86. The molecule has 0 bridgehead atoms. The summed E-state index contributed by atoms with van der Waals surface area (Å²) < 4.78 is 5.05. The number of hydrogen-bond acceptors (Lipinski definition) is 6. The average molecular weight is 238 g/mol. The van der Waals surface area contributed by atoms with Gasteiger partial charge in [-0.25, -0.2) is 0 Å².